The summed E-state index contributed by atoms with van der Waals surface area (Å²) in [5.74, 6) is 0. The first-order chi connectivity index (χ1) is 22.9. The highest BCUT2D eigenvalue weighted by Crippen LogP contribution is 2.53. The van der Waals surface area contributed by atoms with Crippen molar-refractivity contribution in [3.05, 3.63) is 157 Å². The summed E-state index contributed by atoms with van der Waals surface area (Å²) in [6.45, 7) is 2.00. The van der Waals surface area contributed by atoms with E-state index in [9.17, 15) is 0 Å². The molecule has 0 atom stereocenters. The van der Waals surface area contributed by atoms with Gasteiger partial charge in [-0.2, -0.15) is 0 Å². The standard InChI is InChI=1S/C44H36N2/c1-3-17-33(18-4-1)41-35-23-9-10-24-36(35)42(34-19-5-2-6-20-34)44-40(46-30-14-22-32-16-8-12-26-38(32)46)28-27-39(43(41)44)45-29-13-21-31-15-7-11-25-37(31)45/h1-12,15-20,23-28H,13-14,21-22,29-30H2. The van der Waals surface area contributed by atoms with Gasteiger partial charge in [-0.3, -0.25) is 0 Å². The molecular formula is C44H36N2. The maximum absolute atomic E-state index is 2.60. The first-order valence-electron chi connectivity index (χ1n) is 16.7. The van der Waals surface area contributed by atoms with Crippen LogP contribution in [0.3, 0.4) is 0 Å². The molecule has 7 aromatic carbocycles. The lowest BCUT2D eigenvalue weighted by Crippen LogP contribution is -2.26. The average Bonchev–Trinajstić information content (AvgIpc) is 3.13. The van der Waals surface area contributed by atoms with Crippen LogP contribution in [0.15, 0.2) is 146 Å². The highest BCUT2D eigenvalue weighted by atomic mass is 15.2. The van der Waals surface area contributed by atoms with E-state index in [0.717, 1.165) is 38.8 Å². The lowest BCUT2D eigenvalue weighted by atomic mass is 9.83. The van der Waals surface area contributed by atoms with Gasteiger partial charge in [0, 0.05) is 46.6 Å². The van der Waals surface area contributed by atoms with E-state index < -0.39 is 0 Å². The second kappa shape index (κ2) is 11.2. The van der Waals surface area contributed by atoms with E-state index in [-0.39, 0.29) is 0 Å². The fourth-order valence-corrected chi connectivity index (χ4v) is 8.10. The van der Waals surface area contributed by atoms with E-state index >= 15 is 0 Å². The number of hydrogen-bond donors (Lipinski definition) is 0. The van der Waals surface area contributed by atoms with Gasteiger partial charge in [0.15, 0.2) is 0 Å². The number of anilines is 4. The maximum Gasteiger partial charge on any atom is 0.0498 e. The molecule has 0 aliphatic carbocycles. The summed E-state index contributed by atoms with van der Waals surface area (Å²) in [5, 5.41) is 5.26. The van der Waals surface area contributed by atoms with Crippen molar-refractivity contribution in [3.63, 3.8) is 0 Å². The Bertz CT molecular complexity index is 2060. The Morgan fingerprint density at radius 3 is 1.20 bits per heavy atom. The van der Waals surface area contributed by atoms with Crippen LogP contribution >= 0.6 is 0 Å². The van der Waals surface area contributed by atoms with Crippen LogP contribution in [0.1, 0.15) is 24.0 Å². The van der Waals surface area contributed by atoms with Gasteiger partial charge in [-0.1, -0.05) is 121 Å². The maximum atomic E-state index is 2.60. The molecule has 0 spiro atoms. The lowest BCUT2D eigenvalue weighted by molar-refractivity contribution is 0.766. The quantitative estimate of drug-likeness (QED) is 0.188. The number of para-hydroxylation sites is 2. The zero-order valence-corrected chi connectivity index (χ0v) is 26.0. The summed E-state index contributed by atoms with van der Waals surface area (Å²) in [6.07, 6.45) is 4.52. The Hall–Kier alpha value is -5.34. The summed E-state index contributed by atoms with van der Waals surface area (Å²) in [5.41, 5.74) is 13.3. The summed E-state index contributed by atoms with van der Waals surface area (Å²) in [6, 6.07) is 54.1. The smallest absolute Gasteiger partial charge is 0.0498 e. The molecule has 0 saturated carbocycles. The number of aryl methyl sites for hydroxylation is 2. The van der Waals surface area contributed by atoms with Crippen molar-refractivity contribution in [2.75, 3.05) is 22.9 Å². The normalized spacial score (nSPS) is 14.3. The number of hydrogen-bond acceptors (Lipinski definition) is 2. The molecule has 0 saturated heterocycles. The summed E-state index contributed by atoms with van der Waals surface area (Å²) in [4.78, 5) is 5.20. The Morgan fingerprint density at radius 1 is 0.348 bits per heavy atom. The molecule has 9 rings (SSSR count). The minimum Gasteiger partial charge on any atom is -0.341 e. The summed E-state index contributed by atoms with van der Waals surface area (Å²) < 4.78 is 0. The van der Waals surface area contributed by atoms with Crippen LogP contribution in [0.4, 0.5) is 22.7 Å². The molecule has 2 aliphatic heterocycles. The zero-order valence-electron chi connectivity index (χ0n) is 26.0. The minimum atomic E-state index is 1.000. The van der Waals surface area contributed by atoms with Crippen molar-refractivity contribution in [1.82, 2.24) is 0 Å². The highest BCUT2D eigenvalue weighted by Gasteiger charge is 2.29. The molecule has 0 radical (unpaired) electrons. The SMILES string of the molecule is c1ccc(-c2c3ccccc3c(-c3ccccc3)c3c(N4CCCc5ccccc54)ccc(N4CCCc5ccccc54)c23)cc1. The van der Waals surface area contributed by atoms with Crippen molar-refractivity contribution in [2.45, 2.75) is 25.7 Å². The number of fused-ring (bicyclic) bond motifs is 4. The van der Waals surface area contributed by atoms with Crippen LogP contribution in [-0.2, 0) is 12.8 Å². The van der Waals surface area contributed by atoms with E-state index in [2.05, 4.69) is 155 Å². The minimum absolute atomic E-state index is 1.000. The molecule has 46 heavy (non-hydrogen) atoms. The van der Waals surface area contributed by atoms with Gasteiger partial charge >= 0.3 is 0 Å². The van der Waals surface area contributed by atoms with Gasteiger partial charge in [0.05, 0.1) is 0 Å². The summed E-state index contributed by atoms with van der Waals surface area (Å²) in [7, 11) is 0. The predicted molar refractivity (Wildman–Crippen MR) is 196 cm³/mol. The molecule has 0 amide bonds. The molecule has 2 heteroatoms. The van der Waals surface area contributed by atoms with Crippen LogP contribution in [0.5, 0.6) is 0 Å². The van der Waals surface area contributed by atoms with Crippen LogP contribution < -0.4 is 9.80 Å². The highest BCUT2D eigenvalue weighted by molar-refractivity contribution is 6.28. The van der Waals surface area contributed by atoms with Crippen molar-refractivity contribution in [3.8, 4) is 22.3 Å². The van der Waals surface area contributed by atoms with Crippen LogP contribution in [0.25, 0.3) is 43.8 Å². The first kappa shape index (κ1) is 27.0. The van der Waals surface area contributed by atoms with Crippen LogP contribution in [0, 0.1) is 0 Å². The Labute approximate surface area is 271 Å². The lowest BCUT2D eigenvalue weighted by Gasteiger charge is -2.36. The molecule has 0 N–H and O–H groups in total. The number of benzene rings is 7. The largest absolute Gasteiger partial charge is 0.341 e. The topological polar surface area (TPSA) is 6.48 Å². The third-order valence-electron chi connectivity index (χ3n) is 10.1. The van der Waals surface area contributed by atoms with Crippen LogP contribution in [-0.4, -0.2) is 13.1 Å². The second-order valence-corrected chi connectivity index (χ2v) is 12.6. The zero-order chi connectivity index (χ0) is 30.5. The van der Waals surface area contributed by atoms with E-state index in [1.54, 1.807) is 0 Å². The van der Waals surface area contributed by atoms with Gasteiger partial charge in [-0.05, 0) is 94.1 Å². The third kappa shape index (κ3) is 4.32. The van der Waals surface area contributed by atoms with Crippen molar-refractivity contribution >= 4 is 44.3 Å². The number of nitrogens with zero attached hydrogens (tertiary/aromatic N) is 2. The van der Waals surface area contributed by atoms with Gasteiger partial charge in [0.1, 0.15) is 0 Å². The average molecular weight is 593 g/mol. The van der Waals surface area contributed by atoms with E-state index in [1.807, 2.05) is 0 Å². The van der Waals surface area contributed by atoms with E-state index in [1.165, 1.54) is 77.7 Å². The fraction of sp³-hybridized carbons (Fsp3) is 0.136. The van der Waals surface area contributed by atoms with Gasteiger partial charge in [0.2, 0.25) is 0 Å². The van der Waals surface area contributed by atoms with Crippen molar-refractivity contribution < 1.29 is 0 Å². The fourth-order valence-electron chi connectivity index (χ4n) is 8.10. The molecule has 0 unspecified atom stereocenters. The summed E-state index contributed by atoms with van der Waals surface area (Å²) >= 11 is 0. The molecule has 222 valence electrons. The monoisotopic (exact) mass is 592 g/mol. The van der Waals surface area contributed by atoms with Crippen molar-refractivity contribution in [2.24, 2.45) is 0 Å². The number of rotatable bonds is 4. The van der Waals surface area contributed by atoms with Crippen molar-refractivity contribution in [1.29, 1.82) is 0 Å². The Morgan fingerprint density at radius 2 is 0.739 bits per heavy atom. The molecular weight excluding hydrogens is 556 g/mol. The molecule has 0 aromatic heterocycles. The molecule has 0 fully saturated rings. The molecule has 0 bridgehead atoms. The van der Waals surface area contributed by atoms with Gasteiger partial charge in [-0.15, -0.1) is 0 Å². The molecule has 2 aliphatic rings. The van der Waals surface area contributed by atoms with Gasteiger partial charge in [0.25, 0.3) is 0 Å². The predicted octanol–water partition coefficient (Wildman–Crippen LogP) is 11.5. The van der Waals surface area contributed by atoms with Crippen LogP contribution in [0.2, 0.25) is 0 Å². The van der Waals surface area contributed by atoms with E-state index in [4.69, 9.17) is 0 Å². The van der Waals surface area contributed by atoms with Gasteiger partial charge in [-0.25, -0.2) is 0 Å². The molecule has 7 aromatic rings. The Kier molecular flexibility index (Phi) is 6.59. The molecule has 2 heterocycles. The van der Waals surface area contributed by atoms with E-state index in [0.29, 0.717) is 0 Å². The first-order valence-corrected chi connectivity index (χ1v) is 16.7. The Balaban J connectivity index is 1.49. The molecule has 2 nitrogen and oxygen atoms in total. The van der Waals surface area contributed by atoms with Gasteiger partial charge < -0.3 is 9.80 Å². The third-order valence-corrected chi connectivity index (χ3v) is 10.1. The second-order valence-electron chi connectivity index (χ2n) is 12.6.